The highest BCUT2D eigenvalue weighted by molar-refractivity contribution is 5.58. The maximum atomic E-state index is 10.5. The Morgan fingerprint density at radius 1 is 0.931 bits per heavy atom. The Balaban J connectivity index is 1.49. The summed E-state index contributed by atoms with van der Waals surface area (Å²) < 4.78 is 11.5. The molecule has 5 nitrogen and oxygen atoms in total. The fourth-order valence-corrected chi connectivity index (χ4v) is 3.81. The molecule has 1 unspecified atom stereocenters. The van der Waals surface area contributed by atoms with Gasteiger partial charge in [0, 0.05) is 32.7 Å². The molecule has 0 saturated carbocycles. The average molecular weight is 399 g/mol. The average Bonchev–Trinajstić information content (AvgIpc) is 2.72. The van der Waals surface area contributed by atoms with Gasteiger partial charge in [-0.3, -0.25) is 4.90 Å². The lowest BCUT2D eigenvalue weighted by Gasteiger charge is -2.37. The van der Waals surface area contributed by atoms with E-state index >= 15 is 0 Å². The van der Waals surface area contributed by atoms with Crippen molar-refractivity contribution in [3.8, 4) is 11.5 Å². The van der Waals surface area contributed by atoms with Crippen molar-refractivity contribution < 1.29 is 14.6 Å². The first-order chi connectivity index (χ1) is 13.9. The fourth-order valence-electron chi connectivity index (χ4n) is 3.81. The van der Waals surface area contributed by atoms with E-state index in [4.69, 9.17) is 9.47 Å². The molecular weight excluding hydrogens is 364 g/mol. The Labute approximate surface area is 174 Å². The third-order valence-corrected chi connectivity index (χ3v) is 5.39. The molecule has 0 radical (unpaired) electrons. The predicted molar refractivity (Wildman–Crippen MR) is 118 cm³/mol. The van der Waals surface area contributed by atoms with Gasteiger partial charge in [0.05, 0.1) is 12.8 Å². The van der Waals surface area contributed by atoms with Crippen molar-refractivity contribution in [1.29, 1.82) is 0 Å². The van der Waals surface area contributed by atoms with Crippen molar-refractivity contribution in [3.63, 3.8) is 0 Å². The smallest absolute Gasteiger partial charge is 0.142 e. The summed E-state index contributed by atoms with van der Waals surface area (Å²) in [5.41, 5.74) is 2.31. The molecule has 0 amide bonds. The first kappa shape index (κ1) is 21.5. The van der Waals surface area contributed by atoms with Crippen molar-refractivity contribution in [2.24, 2.45) is 0 Å². The van der Waals surface area contributed by atoms with Crippen LogP contribution in [0.2, 0.25) is 0 Å². The first-order valence-electron chi connectivity index (χ1n) is 10.4. The molecule has 29 heavy (non-hydrogen) atoms. The fraction of sp³-hybridized carbons (Fsp3) is 0.500. The summed E-state index contributed by atoms with van der Waals surface area (Å²) in [6, 6.07) is 16.2. The van der Waals surface area contributed by atoms with Crippen LogP contribution in [0.3, 0.4) is 0 Å². The Morgan fingerprint density at radius 2 is 1.55 bits per heavy atom. The van der Waals surface area contributed by atoms with Gasteiger partial charge in [0.1, 0.15) is 24.2 Å². The summed E-state index contributed by atoms with van der Waals surface area (Å²) in [4.78, 5) is 4.65. The third-order valence-electron chi connectivity index (χ3n) is 5.39. The highest BCUT2D eigenvalue weighted by Gasteiger charge is 2.22. The van der Waals surface area contributed by atoms with E-state index in [0.717, 1.165) is 48.9 Å². The number of methoxy groups -OCH3 is 1. The lowest BCUT2D eigenvalue weighted by atomic mass is 9.86. The van der Waals surface area contributed by atoms with Gasteiger partial charge in [-0.15, -0.1) is 0 Å². The van der Waals surface area contributed by atoms with Gasteiger partial charge < -0.3 is 19.5 Å². The second kappa shape index (κ2) is 9.51. The minimum atomic E-state index is -0.513. The Hall–Kier alpha value is -2.24. The van der Waals surface area contributed by atoms with Crippen molar-refractivity contribution in [2.45, 2.75) is 32.3 Å². The normalized spacial score (nSPS) is 16.5. The van der Waals surface area contributed by atoms with Gasteiger partial charge in [0.15, 0.2) is 0 Å². The zero-order valence-electron chi connectivity index (χ0n) is 18.1. The molecule has 2 aromatic rings. The summed E-state index contributed by atoms with van der Waals surface area (Å²) >= 11 is 0. The lowest BCUT2D eigenvalue weighted by Crippen LogP contribution is -2.49. The Kier molecular flexibility index (Phi) is 7.04. The maximum Gasteiger partial charge on any atom is 0.142 e. The van der Waals surface area contributed by atoms with Crippen LogP contribution in [0.25, 0.3) is 0 Å². The number of anilines is 1. The van der Waals surface area contributed by atoms with Gasteiger partial charge in [-0.1, -0.05) is 51.1 Å². The molecule has 1 fully saturated rings. The van der Waals surface area contributed by atoms with Gasteiger partial charge in [-0.2, -0.15) is 0 Å². The highest BCUT2D eigenvalue weighted by Crippen LogP contribution is 2.31. The molecule has 3 rings (SSSR count). The van der Waals surface area contributed by atoms with E-state index in [1.165, 1.54) is 0 Å². The van der Waals surface area contributed by atoms with Crippen molar-refractivity contribution in [1.82, 2.24) is 4.90 Å². The molecule has 1 heterocycles. The van der Waals surface area contributed by atoms with Crippen molar-refractivity contribution in [2.75, 3.05) is 51.3 Å². The Bertz CT molecular complexity index is 780. The van der Waals surface area contributed by atoms with Crippen LogP contribution in [0.1, 0.15) is 26.3 Å². The van der Waals surface area contributed by atoms with Crippen LogP contribution in [0.5, 0.6) is 11.5 Å². The van der Waals surface area contributed by atoms with Crippen LogP contribution in [-0.4, -0.2) is 62.6 Å². The maximum absolute atomic E-state index is 10.5. The second-order valence-electron chi connectivity index (χ2n) is 8.67. The van der Waals surface area contributed by atoms with Gasteiger partial charge in [-0.25, -0.2) is 0 Å². The minimum absolute atomic E-state index is 0.0103. The van der Waals surface area contributed by atoms with Gasteiger partial charge in [0.2, 0.25) is 0 Å². The van der Waals surface area contributed by atoms with Crippen LogP contribution in [-0.2, 0) is 5.41 Å². The molecule has 158 valence electrons. The number of aliphatic hydroxyl groups excluding tert-OH is 1. The zero-order chi connectivity index (χ0) is 20.9. The van der Waals surface area contributed by atoms with E-state index < -0.39 is 6.10 Å². The number of β-amino-alcohol motifs (C(OH)–C–C–N with tert-alkyl or cyclic N) is 1. The number of ether oxygens (including phenoxy) is 2. The summed E-state index contributed by atoms with van der Waals surface area (Å²) in [6.45, 7) is 11.1. The number of hydrogen-bond acceptors (Lipinski definition) is 5. The third kappa shape index (κ3) is 5.64. The zero-order valence-corrected chi connectivity index (χ0v) is 18.1. The molecule has 0 bridgehead atoms. The summed E-state index contributed by atoms with van der Waals surface area (Å²) in [5, 5.41) is 10.5. The van der Waals surface area contributed by atoms with E-state index in [2.05, 4.69) is 42.7 Å². The summed E-state index contributed by atoms with van der Waals surface area (Å²) in [7, 11) is 1.71. The standard InChI is InChI=1S/C24H34N2O3/c1-24(2,3)20-9-5-7-11-22(20)29-18-19(27)17-25-13-15-26(16-14-25)21-10-6-8-12-23(21)28-4/h5-12,19,27H,13-18H2,1-4H3. The number of rotatable bonds is 7. The lowest BCUT2D eigenvalue weighted by molar-refractivity contribution is 0.0656. The van der Waals surface area contributed by atoms with E-state index in [9.17, 15) is 5.11 Å². The summed E-state index contributed by atoms with van der Waals surface area (Å²) in [6.07, 6.45) is -0.513. The monoisotopic (exact) mass is 398 g/mol. The molecule has 0 aromatic heterocycles. The van der Waals surface area contributed by atoms with Crippen LogP contribution < -0.4 is 14.4 Å². The van der Waals surface area contributed by atoms with Gasteiger partial charge >= 0.3 is 0 Å². The quantitative estimate of drug-likeness (QED) is 0.773. The number of aliphatic hydroxyl groups is 1. The van der Waals surface area contributed by atoms with Crippen molar-refractivity contribution in [3.05, 3.63) is 54.1 Å². The van der Waals surface area contributed by atoms with Gasteiger partial charge in [-0.05, 0) is 29.2 Å². The topological polar surface area (TPSA) is 45.2 Å². The Morgan fingerprint density at radius 3 is 2.21 bits per heavy atom. The van der Waals surface area contributed by atoms with E-state index in [1.54, 1.807) is 7.11 Å². The molecule has 0 aliphatic carbocycles. The highest BCUT2D eigenvalue weighted by atomic mass is 16.5. The molecule has 1 aliphatic rings. The molecule has 0 spiro atoms. The molecule has 1 aliphatic heterocycles. The molecule has 1 atom stereocenters. The van der Waals surface area contributed by atoms with Crippen LogP contribution in [0.15, 0.2) is 48.5 Å². The number of benzene rings is 2. The van der Waals surface area contributed by atoms with E-state index in [0.29, 0.717) is 13.2 Å². The van der Waals surface area contributed by atoms with Crippen molar-refractivity contribution >= 4 is 5.69 Å². The molecule has 2 aromatic carbocycles. The number of hydrogen-bond donors (Lipinski definition) is 1. The molecule has 1 saturated heterocycles. The largest absolute Gasteiger partial charge is 0.495 e. The number of para-hydroxylation sites is 3. The molecule has 5 heteroatoms. The minimum Gasteiger partial charge on any atom is -0.495 e. The molecular formula is C24H34N2O3. The van der Waals surface area contributed by atoms with Crippen LogP contribution in [0.4, 0.5) is 5.69 Å². The predicted octanol–water partition coefficient (Wildman–Crippen LogP) is 3.55. The number of nitrogens with zero attached hydrogens (tertiary/aromatic N) is 2. The second-order valence-corrected chi connectivity index (χ2v) is 8.67. The van der Waals surface area contributed by atoms with Crippen LogP contribution >= 0.6 is 0 Å². The van der Waals surface area contributed by atoms with Gasteiger partial charge in [0.25, 0.3) is 0 Å². The number of piperazine rings is 1. The van der Waals surface area contributed by atoms with E-state index in [1.807, 2.05) is 36.4 Å². The van der Waals surface area contributed by atoms with E-state index in [-0.39, 0.29) is 5.41 Å². The summed E-state index contributed by atoms with van der Waals surface area (Å²) in [5.74, 6) is 1.77. The molecule has 1 N–H and O–H groups in total. The van der Waals surface area contributed by atoms with Crippen LogP contribution in [0, 0.1) is 0 Å². The first-order valence-corrected chi connectivity index (χ1v) is 10.4. The SMILES string of the molecule is COc1ccccc1N1CCN(CC(O)COc2ccccc2C(C)(C)C)CC1.